The highest BCUT2D eigenvalue weighted by Crippen LogP contribution is 2.28. The molecule has 0 bridgehead atoms. The van der Waals surface area contributed by atoms with Crippen molar-refractivity contribution >= 4 is 0 Å². The van der Waals surface area contributed by atoms with Crippen molar-refractivity contribution < 1.29 is 14.2 Å². The quantitative estimate of drug-likeness (QED) is 0.223. The Kier molecular flexibility index (Phi) is 19.4. The first-order valence-corrected chi connectivity index (χ1v) is 9.39. The third kappa shape index (κ3) is 14.9. The van der Waals surface area contributed by atoms with Crippen LogP contribution in [0.5, 0.6) is 0 Å². The second kappa shape index (κ2) is 18.0. The van der Waals surface area contributed by atoms with Gasteiger partial charge in [0.1, 0.15) is 0 Å². The highest BCUT2D eigenvalue weighted by Gasteiger charge is 2.30. The van der Waals surface area contributed by atoms with Gasteiger partial charge in [0.25, 0.3) is 0 Å². The van der Waals surface area contributed by atoms with Gasteiger partial charge in [-0.25, -0.2) is 0 Å². The fourth-order valence-electron chi connectivity index (χ4n) is 2.71. The van der Waals surface area contributed by atoms with Crippen molar-refractivity contribution in [1.29, 1.82) is 0 Å². The number of ether oxygens (including phenoxy) is 3. The van der Waals surface area contributed by atoms with Gasteiger partial charge in [0, 0.05) is 39.8 Å². The lowest BCUT2D eigenvalue weighted by atomic mass is 9.97. The molecule has 0 saturated heterocycles. The van der Waals surface area contributed by atoms with E-state index in [-0.39, 0.29) is 5.79 Å². The van der Waals surface area contributed by atoms with Crippen LogP contribution in [0.3, 0.4) is 0 Å². The molecule has 0 aliphatic carbocycles. The normalized spacial score (nSPS) is 12.4. The monoisotopic (exact) mass is 330 g/mol. The predicted molar refractivity (Wildman–Crippen MR) is 101 cm³/mol. The molecule has 1 unspecified atom stereocenters. The molecule has 0 saturated carbocycles. The van der Waals surface area contributed by atoms with E-state index >= 15 is 0 Å². The Hall–Kier alpha value is -0.380. The van der Waals surface area contributed by atoms with Gasteiger partial charge in [0.2, 0.25) is 0 Å². The minimum atomic E-state index is -0.356. The van der Waals surface area contributed by atoms with E-state index in [2.05, 4.69) is 34.3 Å². The Labute approximate surface area is 145 Å². The number of unbranched alkanes of at least 4 members (excludes halogenated alkanes) is 2. The summed E-state index contributed by atoms with van der Waals surface area (Å²) >= 11 is 0. The first kappa shape index (κ1) is 24.9. The first-order chi connectivity index (χ1) is 11.1. The molecule has 0 rings (SSSR count). The van der Waals surface area contributed by atoms with Crippen molar-refractivity contribution in [1.82, 2.24) is 0 Å². The van der Waals surface area contributed by atoms with Gasteiger partial charge in [-0.1, -0.05) is 32.8 Å². The van der Waals surface area contributed by atoms with Gasteiger partial charge in [-0.15, -0.1) is 6.58 Å². The smallest absolute Gasteiger partial charge is 0.168 e. The number of methoxy groups -OCH3 is 1. The van der Waals surface area contributed by atoms with Crippen LogP contribution >= 0.6 is 0 Å². The summed E-state index contributed by atoms with van der Waals surface area (Å²) in [6, 6.07) is 0. The Morgan fingerprint density at radius 3 is 1.96 bits per heavy atom. The number of allylic oxidation sites excluding steroid dienone is 1. The fourth-order valence-corrected chi connectivity index (χ4v) is 2.71. The molecule has 0 heterocycles. The lowest BCUT2D eigenvalue weighted by molar-refractivity contribution is -0.242. The Morgan fingerprint density at radius 1 is 1.00 bits per heavy atom. The Morgan fingerprint density at radius 2 is 1.52 bits per heavy atom. The van der Waals surface area contributed by atoms with Gasteiger partial charge in [-0.3, -0.25) is 0 Å². The second-order valence-electron chi connectivity index (χ2n) is 6.09. The molecular weight excluding hydrogens is 288 g/mol. The molecule has 0 fully saturated rings. The summed E-state index contributed by atoms with van der Waals surface area (Å²) in [5.74, 6) is 0.252. The van der Waals surface area contributed by atoms with Crippen LogP contribution in [0.15, 0.2) is 12.7 Å². The highest BCUT2D eigenvalue weighted by molar-refractivity contribution is 4.71. The lowest BCUT2D eigenvalue weighted by Gasteiger charge is -2.34. The molecule has 3 heteroatoms. The van der Waals surface area contributed by atoms with Gasteiger partial charge >= 0.3 is 0 Å². The molecular formula is C20H42O3. The average molecular weight is 331 g/mol. The van der Waals surface area contributed by atoms with E-state index in [4.69, 9.17) is 14.2 Å². The van der Waals surface area contributed by atoms with Crippen LogP contribution in [-0.2, 0) is 14.2 Å². The van der Waals surface area contributed by atoms with Crippen LogP contribution in [-0.4, -0.2) is 32.7 Å². The lowest BCUT2D eigenvalue weighted by Crippen LogP contribution is -2.36. The van der Waals surface area contributed by atoms with E-state index in [1.165, 1.54) is 25.7 Å². The van der Waals surface area contributed by atoms with Crippen LogP contribution in [0.2, 0.25) is 0 Å². The molecule has 23 heavy (non-hydrogen) atoms. The van der Waals surface area contributed by atoms with Crippen LogP contribution in [0, 0.1) is 5.92 Å². The number of rotatable bonds is 14. The molecule has 140 valence electrons. The van der Waals surface area contributed by atoms with E-state index in [1.54, 1.807) is 13.2 Å². The fraction of sp³-hybridized carbons (Fsp3) is 0.900. The minimum Gasteiger partial charge on any atom is -0.384 e. The molecule has 0 amide bonds. The zero-order chi connectivity index (χ0) is 18.0. The summed E-state index contributed by atoms with van der Waals surface area (Å²) in [5.41, 5.74) is 0. The van der Waals surface area contributed by atoms with Crippen molar-refractivity contribution in [3.8, 4) is 0 Å². The van der Waals surface area contributed by atoms with Crippen molar-refractivity contribution in [3.63, 3.8) is 0 Å². The average Bonchev–Trinajstić information content (AvgIpc) is 2.49. The van der Waals surface area contributed by atoms with E-state index in [0.29, 0.717) is 5.92 Å². The Bertz CT molecular complexity index is 235. The summed E-state index contributed by atoms with van der Waals surface area (Å²) in [4.78, 5) is 0. The topological polar surface area (TPSA) is 27.7 Å². The zero-order valence-corrected chi connectivity index (χ0v) is 16.7. The first-order valence-electron chi connectivity index (χ1n) is 9.39. The molecule has 0 aromatic rings. The number of hydrogen-bond donors (Lipinski definition) is 0. The third-order valence-corrected chi connectivity index (χ3v) is 3.68. The van der Waals surface area contributed by atoms with Crippen molar-refractivity contribution in [2.75, 3.05) is 26.9 Å². The summed E-state index contributed by atoms with van der Waals surface area (Å²) in [6.45, 7) is 16.1. The summed E-state index contributed by atoms with van der Waals surface area (Å²) in [5, 5.41) is 0. The molecule has 0 aromatic heterocycles. The number of hydrogen-bond acceptors (Lipinski definition) is 3. The van der Waals surface area contributed by atoms with Gasteiger partial charge in [0.05, 0.1) is 0 Å². The molecule has 0 aliphatic heterocycles. The summed E-state index contributed by atoms with van der Waals surface area (Å²) in [7, 11) is 1.77. The standard InChI is InChI=1S/C17H36O3.C3H6/c1-6-9-10-13-17(19-7-2,20-8-3)14-11-12-16(4)15-18-5;1-3-2/h16H,6-15H2,1-5H3;3H,1H2,2H3. The van der Waals surface area contributed by atoms with E-state index in [9.17, 15) is 0 Å². The molecule has 0 aliphatic rings. The van der Waals surface area contributed by atoms with E-state index in [0.717, 1.165) is 39.1 Å². The molecule has 1 atom stereocenters. The zero-order valence-electron chi connectivity index (χ0n) is 16.7. The van der Waals surface area contributed by atoms with Gasteiger partial charge in [-0.2, -0.15) is 0 Å². The maximum Gasteiger partial charge on any atom is 0.168 e. The molecule has 0 aromatic carbocycles. The third-order valence-electron chi connectivity index (χ3n) is 3.68. The van der Waals surface area contributed by atoms with Crippen molar-refractivity contribution in [2.24, 2.45) is 5.92 Å². The molecule has 0 N–H and O–H groups in total. The minimum absolute atomic E-state index is 0.356. The summed E-state index contributed by atoms with van der Waals surface area (Å²) < 4.78 is 17.2. The van der Waals surface area contributed by atoms with Crippen LogP contribution in [0.4, 0.5) is 0 Å². The van der Waals surface area contributed by atoms with E-state index in [1.807, 2.05) is 6.92 Å². The molecule has 0 spiro atoms. The maximum absolute atomic E-state index is 6.00. The predicted octanol–water partition coefficient (Wildman–Crippen LogP) is 5.98. The SMILES string of the molecule is C=CC.CCCCCC(CCCC(C)COC)(OCC)OCC. The van der Waals surface area contributed by atoms with E-state index < -0.39 is 0 Å². The maximum atomic E-state index is 6.00. The van der Waals surface area contributed by atoms with Gasteiger partial charge < -0.3 is 14.2 Å². The van der Waals surface area contributed by atoms with Crippen LogP contribution in [0.1, 0.15) is 79.6 Å². The highest BCUT2D eigenvalue weighted by atomic mass is 16.7. The van der Waals surface area contributed by atoms with Gasteiger partial charge in [0.15, 0.2) is 5.79 Å². The molecule has 0 radical (unpaired) electrons. The second-order valence-corrected chi connectivity index (χ2v) is 6.09. The van der Waals surface area contributed by atoms with Crippen LogP contribution < -0.4 is 0 Å². The van der Waals surface area contributed by atoms with Crippen molar-refractivity contribution in [3.05, 3.63) is 12.7 Å². The van der Waals surface area contributed by atoms with Crippen LogP contribution in [0.25, 0.3) is 0 Å². The Balaban J connectivity index is 0. The van der Waals surface area contributed by atoms with Gasteiger partial charge in [-0.05, 0) is 46.0 Å². The molecule has 3 nitrogen and oxygen atoms in total. The van der Waals surface area contributed by atoms with Crippen molar-refractivity contribution in [2.45, 2.75) is 85.4 Å². The summed E-state index contributed by atoms with van der Waals surface area (Å²) in [6.07, 6.45) is 9.74. The largest absolute Gasteiger partial charge is 0.384 e.